The second-order valence-electron chi connectivity index (χ2n) is 2.96. The summed E-state index contributed by atoms with van der Waals surface area (Å²) in [4.78, 5) is 15.2. The third-order valence-electron chi connectivity index (χ3n) is 1.84. The molecule has 6 heteroatoms. The maximum absolute atomic E-state index is 11.1. The van der Waals surface area contributed by atoms with Crippen LogP contribution in [-0.2, 0) is 9.47 Å². The summed E-state index contributed by atoms with van der Waals surface area (Å²) < 4.78 is 9.62. The maximum atomic E-state index is 11.1. The fourth-order valence-corrected chi connectivity index (χ4v) is 1.56. The van der Waals surface area contributed by atoms with E-state index in [9.17, 15) is 4.79 Å². The average molecular weight is 230 g/mol. The van der Waals surface area contributed by atoms with Gasteiger partial charge in [0.25, 0.3) is 0 Å². The highest BCUT2D eigenvalue weighted by atomic mass is 32.1. The molecule has 0 spiro atoms. The summed E-state index contributed by atoms with van der Waals surface area (Å²) in [5.41, 5.74) is 0.329. The van der Waals surface area contributed by atoms with Gasteiger partial charge in [-0.25, -0.2) is 9.78 Å². The van der Waals surface area contributed by atoms with Crippen LogP contribution >= 0.6 is 11.3 Å². The fraction of sp³-hybridized carbons (Fsp3) is 0.556. The molecule has 1 unspecified atom stereocenters. The van der Waals surface area contributed by atoms with Crippen LogP contribution in [0.15, 0.2) is 5.38 Å². The Morgan fingerprint density at radius 2 is 2.40 bits per heavy atom. The number of esters is 1. The number of aromatic nitrogens is 1. The van der Waals surface area contributed by atoms with Crippen LogP contribution in [0.25, 0.3) is 0 Å². The number of hydrogen-bond donors (Lipinski definition) is 1. The van der Waals surface area contributed by atoms with Gasteiger partial charge in [-0.2, -0.15) is 0 Å². The van der Waals surface area contributed by atoms with E-state index in [2.05, 4.69) is 15.0 Å². The number of methoxy groups -OCH3 is 2. The molecule has 0 amide bonds. The van der Waals surface area contributed by atoms with Gasteiger partial charge < -0.3 is 14.8 Å². The SMILES string of the molecule is COC(=O)c1csc(NCC(C)OC)n1. The second kappa shape index (κ2) is 5.67. The van der Waals surface area contributed by atoms with Gasteiger partial charge in [-0.3, -0.25) is 0 Å². The Bertz CT molecular complexity index is 327. The van der Waals surface area contributed by atoms with Crippen LogP contribution < -0.4 is 5.32 Å². The van der Waals surface area contributed by atoms with Crippen LogP contribution in [0.2, 0.25) is 0 Å². The number of hydrogen-bond acceptors (Lipinski definition) is 6. The first-order valence-corrected chi connectivity index (χ1v) is 5.35. The first kappa shape index (κ1) is 11.9. The molecule has 0 aliphatic heterocycles. The largest absolute Gasteiger partial charge is 0.464 e. The fourth-order valence-electron chi connectivity index (χ4n) is 0.868. The molecule has 0 radical (unpaired) electrons. The summed E-state index contributed by atoms with van der Waals surface area (Å²) in [6.45, 7) is 2.60. The Hall–Kier alpha value is -1.14. The van der Waals surface area contributed by atoms with Crippen molar-refractivity contribution in [2.45, 2.75) is 13.0 Å². The van der Waals surface area contributed by atoms with Crippen LogP contribution in [0.5, 0.6) is 0 Å². The van der Waals surface area contributed by atoms with Gasteiger partial charge in [0.05, 0.1) is 13.2 Å². The average Bonchev–Trinajstić information content (AvgIpc) is 2.73. The Morgan fingerprint density at radius 1 is 1.67 bits per heavy atom. The van der Waals surface area contributed by atoms with E-state index in [1.54, 1.807) is 12.5 Å². The lowest BCUT2D eigenvalue weighted by Gasteiger charge is -2.08. The van der Waals surface area contributed by atoms with Crippen molar-refractivity contribution < 1.29 is 14.3 Å². The van der Waals surface area contributed by atoms with Crippen molar-refractivity contribution in [2.75, 3.05) is 26.1 Å². The van der Waals surface area contributed by atoms with E-state index in [-0.39, 0.29) is 6.10 Å². The van der Waals surface area contributed by atoms with Gasteiger partial charge >= 0.3 is 5.97 Å². The minimum atomic E-state index is -0.418. The number of carbonyl (C=O) groups is 1. The number of nitrogens with one attached hydrogen (secondary N) is 1. The van der Waals surface area contributed by atoms with Crippen LogP contribution in [-0.4, -0.2) is 37.8 Å². The zero-order valence-electron chi connectivity index (χ0n) is 8.94. The van der Waals surface area contributed by atoms with E-state index in [0.29, 0.717) is 17.4 Å². The normalized spacial score (nSPS) is 12.2. The van der Waals surface area contributed by atoms with E-state index >= 15 is 0 Å². The molecule has 1 rings (SSSR count). The number of anilines is 1. The summed E-state index contributed by atoms with van der Waals surface area (Å²) in [6, 6.07) is 0. The standard InChI is InChI=1S/C9H14N2O3S/c1-6(13-2)4-10-9-11-7(5-15-9)8(12)14-3/h5-6H,4H2,1-3H3,(H,10,11). The molecule has 0 saturated heterocycles. The number of thiazole rings is 1. The highest BCUT2D eigenvalue weighted by Crippen LogP contribution is 2.15. The Balaban J connectivity index is 2.49. The Morgan fingerprint density at radius 3 is 3.00 bits per heavy atom. The maximum Gasteiger partial charge on any atom is 0.357 e. The summed E-state index contributed by atoms with van der Waals surface area (Å²) in [6.07, 6.45) is 0.107. The molecule has 0 aliphatic rings. The number of carbonyl (C=O) groups excluding carboxylic acids is 1. The van der Waals surface area contributed by atoms with E-state index < -0.39 is 5.97 Å². The topological polar surface area (TPSA) is 60.5 Å². The van der Waals surface area contributed by atoms with Crippen molar-refractivity contribution in [1.82, 2.24) is 4.98 Å². The van der Waals surface area contributed by atoms with E-state index in [4.69, 9.17) is 4.74 Å². The molecule has 84 valence electrons. The van der Waals surface area contributed by atoms with Gasteiger partial charge in [-0.1, -0.05) is 0 Å². The lowest BCUT2D eigenvalue weighted by molar-refractivity contribution is 0.0595. The van der Waals surface area contributed by atoms with Gasteiger partial charge in [0.15, 0.2) is 10.8 Å². The third-order valence-corrected chi connectivity index (χ3v) is 2.64. The van der Waals surface area contributed by atoms with Crippen LogP contribution in [0, 0.1) is 0 Å². The predicted molar refractivity (Wildman–Crippen MR) is 58.4 cm³/mol. The number of rotatable bonds is 5. The molecule has 1 aromatic rings. The van der Waals surface area contributed by atoms with Crippen LogP contribution in [0.1, 0.15) is 17.4 Å². The van der Waals surface area contributed by atoms with Gasteiger partial charge in [-0.05, 0) is 6.92 Å². The molecular weight excluding hydrogens is 216 g/mol. The molecule has 5 nitrogen and oxygen atoms in total. The number of nitrogens with zero attached hydrogens (tertiary/aromatic N) is 1. The van der Waals surface area contributed by atoms with E-state index in [0.717, 1.165) is 0 Å². The lowest BCUT2D eigenvalue weighted by atomic mass is 10.4. The summed E-state index contributed by atoms with van der Waals surface area (Å²) >= 11 is 1.37. The minimum absolute atomic E-state index is 0.107. The first-order chi connectivity index (χ1) is 7.17. The van der Waals surface area contributed by atoms with Crippen molar-refractivity contribution in [3.8, 4) is 0 Å². The minimum Gasteiger partial charge on any atom is -0.464 e. The quantitative estimate of drug-likeness (QED) is 0.774. The Kier molecular flexibility index (Phi) is 4.51. The molecule has 0 bridgehead atoms. The smallest absolute Gasteiger partial charge is 0.357 e. The molecule has 15 heavy (non-hydrogen) atoms. The Labute approximate surface area is 92.4 Å². The molecule has 1 atom stereocenters. The van der Waals surface area contributed by atoms with Gasteiger partial charge in [-0.15, -0.1) is 11.3 Å². The molecule has 1 aromatic heterocycles. The monoisotopic (exact) mass is 230 g/mol. The third kappa shape index (κ3) is 3.49. The summed E-state index contributed by atoms with van der Waals surface area (Å²) in [5.74, 6) is -0.418. The lowest BCUT2D eigenvalue weighted by Crippen LogP contribution is -2.18. The molecule has 0 saturated carbocycles. The van der Waals surface area contributed by atoms with Crippen molar-refractivity contribution in [3.05, 3.63) is 11.1 Å². The van der Waals surface area contributed by atoms with Crippen molar-refractivity contribution in [2.24, 2.45) is 0 Å². The van der Waals surface area contributed by atoms with Crippen LogP contribution in [0.4, 0.5) is 5.13 Å². The van der Waals surface area contributed by atoms with E-state index in [1.165, 1.54) is 18.4 Å². The van der Waals surface area contributed by atoms with Gasteiger partial charge in [0.1, 0.15) is 0 Å². The first-order valence-electron chi connectivity index (χ1n) is 4.48. The molecular formula is C9H14N2O3S. The zero-order chi connectivity index (χ0) is 11.3. The van der Waals surface area contributed by atoms with Crippen molar-refractivity contribution >= 4 is 22.4 Å². The molecule has 0 fully saturated rings. The van der Waals surface area contributed by atoms with Crippen molar-refractivity contribution in [1.29, 1.82) is 0 Å². The predicted octanol–water partition coefficient (Wildman–Crippen LogP) is 1.38. The highest BCUT2D eigenvalue weighted by molar-refractivity contribution is 7.13. The summed E-state index contributed by atoms with van der Waals surface area (Å²) in [5, 5.41) is 5.42. The summed E-state index contributed by atoms with van der Waals surface area (Å²) in [7, 11) is 2.98. The highest BCUT2D eigenvalue weighted by Gasteiger charge is 2.10. The van der Waals surface area contributed by atoms with Gasteiger partial charge in [0, 0.05) is 19.0 Å². The van der Waals surface area contributed by atoms with Crippen LogP contribution in [0.3, 0.4) is 0 Å². The van der Waals surface area contributed by atoms with Crippen molar-refractivity contribution in [3.63, 3.8) is 0 Å². The zero-order valence-corrected chi connectivity index (χ0v) is 9.76. The molecule has 0 aliphatic carbocycles. The molecule has 0 aromatic carbocycles. The molecule has 1 N–H and O–H groups in total. The van der Waals surface area contributed by atoms with E-state index in [1.807, 2.05) is 6.92 Å². The molecule has 1 heterocycles. The number of ether oxygens (including phenoxy) is 2. The van der Waals surface area contributed by atoms with Gasteiger partial charge in [0.2, 0.25) is 0 Å². The second-order valence-corrected chi connectivity index (χ2v) is 3.81.